The summed E-state index contributed by atoms with van der Waals surface area (Å²) in [7, 11) is 0. The lowest BCUT2D eigenvalue weighted by Gasteiger charge is -2.09. The first kappa shape index (κ1) is 15.7. The third kappa shape index (κ3) is 3.95. The van der Waals surface area contributed by atoms with Crippen LogP contribution in [-0.4, -0.2) is 23.3 Å². The fraction of sp³-hybridized carbons (Fsp3) is 0.105. The van der Waals surface area contributed by atoms with Crippen molar-refractivity contribution >= 4 is 28.4 Å². The third-order valence-electron chi connectivity index (χ3n) is 3.57. The molecule has 120 valence electrons. The summed E-state index contributed by atoms with van der Waals surface area (Å²) in [6, 6.07) is 18.7. The highest BCUT2D eigenvalue weighted by molar-refractivity contribution is 6.02. The van der Waals surface area contributed by atoms with E-state index in [1.54, 1.807) is 6.20 Å². The van der Waals surface area contributed by atoms with Crippen LogP contribution >= 0.6 is 0 Å². The molecule has 1 heterocycles. The van der Waals surface area contributed by atoms with Gasteiger partial charge < -0.3 is 10.6 Å². The van der Waals surface area contributed by atoms with Gasteiger partial charge in [-0.05, 0) is 29.8 Å². The van der Waals surface area contributed by atoms with Crippen LogP contribution in [0.4, 0.5) is 5.69 Å². The van der Waals surface area contributed by atoms with E-state index in [9.17, 15) is 9.59 Å². The molecule has 3 rings (SSSR count). The molecular formula is C19H17N3O2. The van der Waals surface area contributed by atoms with E-state index in [4.69, 9.17) is 0 Å². The van der Waals surface area contributed by atoms with Crippen LogP contribution in [0, 0.1) is 0 Å². The van der Waals surface area contributed by atoms with Gasteiger partial charge in [0.05, 0.1) is 24.2 Å². The highest BCUT2D eigenvalue weighted by Crippen LogP contribution is 2.20. The van der Waals surface area contributed by atoms with Crippen LogP contribution in [0.15, 0.2) is 66.9 Å². The highest BCUT2D eigenvalue weighted by Gasteiger charge is 2.08. The number of nitrogens with zero attached hydrogens (tertiary/aromatic N) is 1. The van der Waals surface area contributed by atoms with Crippen LogP contribution in [-0.2, 0) is 16.0 Å². The van der Waals surface area contributed by atoms with E-state index in [2.05, 4.69) is 15.6 Å². The molecule has 0 fully saturated rings. The molecule has 3 aromatic rings. The number of carbonyl (C=O) groups excluding carboxylic acids is 2. The standard InChI is InChI=1S/C19H17N3O2/c23-18(12-14-6-2-1-3-7-14)21-13-19(24)22-17-10-4-9-16-15(17)8-5-11-20-16/h1-11H,12-13H2,(H,21,23)(H,22,24). The Morgan fingerprint density at radius 3 is 2.54 bits per heavy atom. The van der Waals surface area contributed by atoms with Crippen molar-refractivity contribution in [2.45, 2.75) is 6.42 Å². The van der Waals surface area contributed by atoms with Crippen LogP contribution < -0.4 is 10.6 Å². The van der Waals surface area contributed by atoms with Gasteiger partial charge in [-0.1, -0.05) is 36.4 Å². The third-order valence-corrected chi connectivity index (χ3v) is 3.57. The summed E-state index contributed by atoms with van der Waals surface area (Å²) < 4.78 is 0. The molecule has 0 saturated heterocycles. The second-order valence-electron chi connectivity index (χ2n) is 5.36. The number of nitrogens with one attached hydrogen (secondary N) is 2. The number of rotatable bonds is 5. The molecule has 0 aliphatic carbocycles. The van der Waals surface area contributed by atoms with E-state index in [1.807, 2.05) is 60.7 Å². The maximum Gasteiger partial charge on any atom is 0.243 e. The number of amides is 2. The Kier molecular flexibility index (Phi) is 4.81. The Bertz CT molecular complexity index is 857. The first-order valence-electron chi connectivity index (χ1n) is 7.66. The lowest BCUT2D eigenvalue weighted by atomic mass is 10.1. The van der Waals surface area contributed by atoms with Gasteiger partial charge >= 0.3 is 0 Å². The number of benzene rings is 2. The molecule has 1 aromatic heterocycles. The van der Waals surface area contributed by atoms with Crippen molar-refractivity contribution in [2.24, 2.45) is 0 Å². The first-order valence-corrected chi connectivity index (χ1v) is 7.66. The number of fused-ring (bicyclic) bond motifs is 1. The maximum absolute atomic E-state index is 12.1. The molecular weight excluding hydrogens is 302 g/mol. The quantitative estimate of drug-likeness (QED) is 0.759. The van der Waals surface area contributed by atoms with Crippen LogP contribution in [0.5, 0.6) is 0 Å². The lowest BCUT2D eigenvalue weighted by Crippen LogP contribution is -2.33. The predicted octanol–water partition coefficient (Wildman–Crippen LogP) is 2.53. The van der Waals surface area contributed by atoms with Crippen LogP contribution in [0.2, 0.25) is 0 Å². The summed E-state index contributed by atoms with van der Waals surface area (Å²) in [5.74, 6) is -0.455. The van der Waals surface area contributed by atoms with Crippen molar-refractivity contribution in [2.75, 3.05) is 11.9 Å². The molecule has 0 unspecified atom stereocenters. The molecule has 2 aromatic carbocycles. The molecule has 0 bridgehead atoms. The summed E-state index contributed by atoms with van der Waals surface area (Å²) >= 11 is 0. The zero-order valence-electron chi connectivity index (χ0n) is 13.0. The van der Waals surface area contributed by atoms with E-state index in [1.165, 1.54) is 0 Å². The molecule has 0 saturated carbocycles. The summed E-state index contributed by atoms with van der Waals surface area (Å²) in [4.78, 5) is 28.2. The molecule has 2 amide bonds. The summed E-state index contributed by atoms with van der Waals surface area (Å²) in [6.07, 6.45) is 1.96. The molecule has 0 aliphatic rings. The van der Waals surface area contributed by atoms with Crippen LogP contribution in [0.3, 0.4) is 0 Å². The molecule has 0 aliphatic heterocycles. The number of hydrogen-bond donors (Lipinski definition) is 2. The van der Waals surface area contributed by atoms with Crippen molar-refractivity contribution in [3.63, 3.8) is 0 Å². The monoisotopic (exact) mass is 319 g/mol. The maximum atomic E-state index is 12.1. The van der Waals surface area contributed by atoms with Crippen molar-refractivity contribution in [1.82, 2.24) is 10.3 Å². The fourth-order valence-electron chi connectivity index (χ4n) is 2.43. The average Bonchev–Trinajstić information content (AvgIpc) is 2.61. The number of anilines is 1. The zero-order valence-corrected chi connectivity index (χ0v) is 13.0. The zero-order chi connectivity index (χ0) is 16.8. The number of pyridine rings is 1. The van der Waals surface area contributed by atoms with Gasteiger partial charge in [0.15, 0.2) is 0 Å². The van der Waals surface area contributed by atoms with Gasteiger partial charge in [0.2, 0.25) is 11.8 Å². The Morgan fingerprint density at radius 2 is 1.71 bits per heavy atom. The molecule has 0 radical (unpaired) electrons. The van der Waals surface area contributed by atoms with Gasteiger partial charge in [-0.3, -0.25) is 14.6 Å². The van der Waals surface area contributed by atoms with E-state index in [0.717, 1.165) is 16.5 Å². The Hall–Kier alpha value is -3.21. The molecule has 5 nitrogen and oxygen atoms in total. The van der Waals surface area contributed by atoms with E-state index in [-0.39, 0.29) is 24.8 Å². The average molecular weight is 319 g/mol. The largest absolute Gasteiger partial charge is 0.347 e. The van der Waals surface area contributed by atoms with Crippen molar-refractivity contribution in [3.8, 4) is 0 Å². The number of aromatic nitrogens is 1. The Labute approximate surface area is 139 Å². The lowest BCUT2D eigenvalue weighted by molar-refractivity contribution is -0.123. The summed E-state index contributed by atoms with van der Waals surface area (Å²) in [6.45, 7) is -0.0671. The molecule has 0 spiro atoms. The highest BCUT2D eigenvalue weighted by atomic mass is 16.2. The summed E-state index contributed by atoms with van der Waals surface area (Å²) in [5, 5.41) is 6.31. The molecule has 0 atom stereocenters. The minimum Gasteiger partial charge on any atom is -0.347 e. The van der Waals surface area contributed by atoms with Gasteiger partial charge in [-0.2, -0.15) is 0 Å². The first-order chi connectivity index (χ1) is 11.7. The second-order valence-corrected chi connectivity index (χ2v) is 5.36. The van der Waals surface area contributed by atoms with Gasteiger partial charge in [-0.25, -0.2) is 0 Å². The van der Waals surface area contributed by atoms with Crippen molar-refractivity contribution in [1.29, 1.82) is 0 Å². The smallest absolute Gasteiger partial charge is 0.243 e. The Balaban J connectivity index is 1.56. The molecule has 5 heteroatoms. The SMILES string of the molecule is O=C(Cc1ccccc1)NCC(=O)Nc1cccc2ncccc12. The number of hydrogen-bond acceptors (Lipinski definition) is 3. The molecule has 24 heavy (non-hydrogen) atoms. The van der Waals surface area contributed by atoms with E-state index in [0.29, 0.717) is 5.69 Å². The van der Waals surface area contributed by atoms with Crippen molar-refractivity contribution in [3.05, 3.63) is 72.4 Å². The van der Waals surface area contributed by atoms with E-state index < -0.39 is 0 Å². The normalized spacial score (nSPS) is 10.3. The topological polar surface area (TPSA) is 71.1 Å². The van der Waals surface area contributed by atoms with Crippen LogP contribution in [0.1, 0.15) is 5.56 Å². The second kappa shape index (κ2) is 7.37. The minimum atomic E-state index is -0.271. The fourth-order valence-corrected chi connectivity index (χ4v) is 2.43. The van der Waals surface area contributed by atoms with Gasteiger partial charge in [0, 0.05) is 11.6 Å². The number of carbonyl (C=O) groups is 2. The predicted molar refractivity (Wildman–Crippen MR) is 93.5 cm³/mol. The van der Waals surface area contributed by atoms with Gasteiger partial charge in [0.1, 0.15) is 0 Å². The molecule has 2 N–H and O–H groups in total. The minimum absolute atomic E-state index is 0.0671. The van der Waals surface area contributed by atoms with Crippen LogP contribution in [0.25, 0.3) is 10.9 Å². The van der Waals surface area contributed by atoms with E-state index >= 15 is 0 Å². The van der Waals surface area contributed by atoms with Gasteiger partial charge in [-0.15, -0.1) is 0 Å². The Morgan fingerprint density at radius 1 is 0.875 bits per heavy atom. The van der Waals surface area contributed by atoms with Gasteiger partial charge in [0.25, 0.3) is 0 Å². The van der Waals surface area contributed by atoms with Crippen molar-refractivity contribution < 1.29 is 9.59 Å². The summed E-state index contributed by atoms with van der Waals surface area (Å²) in [5.41, 5.74) is 2.40.